The monoisotopic (exact) mass is 351 g/mol. The maximum atomic E-state index is 13.0. The van der Waals surface area contributed by atoms with Crippen LogP contribution < -0.4 is 5.32 Å². The lowest BCUT2D eigenvalue weighted by atomic mass is 9.94. The highest BCUT2D eigenvalue weighted by Gasteiger charge is 2.28. The average molecular weight is 352 g/mol. The van der Waals surface area contributed by atoms with Gasteiger partial charge in [-0.15, -0.1) is 0 Å². The van der Waals surface area contributed by atoms with Gasteiger partial charge in [0.05, 0.1) is 11.1 Å². The van der Waals surface area contributed by atoms with Gasteiger partial charge >= 0.3 is 0 Å². The molecule has 0 saturated heterocycles. The molecule has 0 saturated carbocycles. The molecule has 110 valence electrons. The second-order valence-corrected chi connectivity index (χ2v) is 5.51. The molecule has 21 heavy (non-hydrogen) atoms. The molecule has 0 aromatic heterocycles. The van der Waals surface area contributed by atoms with E-state index in [9.17, 15) is 14.3 Å². The Balaban J connectivity index is 2.28. The predicted molar refractivity (Wildman–Crippen MR) is 83.1 cm³/mol. The van der Waals surface area contributed by atoms with Gasteiger partial charge in [0.1, 0.15) is 11.6 Å². The molecule has 1 amide bonds. The number of phenols is 1. The van der Waals surface area contributed by atoms with Crippen molar-refractivity contribution < 1.29 is 14.3 Å². The van der Waals surface area contributed by atoms with Crippen LogP contribution in [0.3, 0.4) is 0 Å². The lowest BCUT2D eigenvalue weighted by molar-refractivity contribution is 0.0911. The van der Waals surface area contributed by atoms with Gasteiger partial charge in [0.2, 0.25) is 0 Å². The van der Waals surface area contributed by atoms with E-state index in [2.05, 4.69) is 21.2 Å². The highest BCUT2D eigenvalue weighted by atomic mass is 79.9. The summed E-state index contributed by atoms with van der Waals surface area (Å²) in [5.41, 5.74) is 0.329. The van der Waals surface area contributed by atoms with E-state index in [1.165, 1.54) is 6.07 Å². The number of amides is 1. The van der Waals surface area contributed by atoms with Crippen molar-refractivity contribution in [2.75, 3.05) is 5.33 Å². The summed E-state index contributed by atoms with van der Waals surface area (Å²) in [5, 5.41) is 13.1. The van der Waals surface area contributed by atoms with E-state index in [1.54, 1.807) is 0 Å². The topological polar surface area (TPSA) is 49.3 Å². The van der Waals surface area contributed by atoms with Crippen LogP contribution in [0.25, 0.3) is 0 Å². The second kappa shape index (κ2) is 6.26. The molecule has 2 aromatic carbocycles. The van der Waals surface area contributed by atoms with Crippen LogP contribution >= 0.6 is 15.9 Å². The first-order chi connectivity index (χ1) is 9.96. The largest absolute Gasteiger partial charge is 0.507 e. The normalized spacial score (nSPS) is 13.5. The molecule has 0 heterocycles. The van der Waals surface area contributed by atoms with Gasteiger partial charge < -0.3 is 10.4 Å². The molecule has 0 bridgehead atoms. The fourth-order valence-electron chi connectivity index (χ4n) is 2.00. The number of nitrogens with one attached hydrogen (secondary N) is 1. The molecule has 5 heteroatoms. The van der Waals surface area contributed by atoms with Crippen molar-refractivity contribution in [3.8, 4) is 5.75 Å². The zero-order chi connectivity index (χ0) is 15.5. The van der Waals surface area contributed by atoms with Gasteiger partial charge in [-0.1, -0.05) is 46.3 Å². The molecule has 2 rings (SSSR count). The first kappa shape index (κ1) is 15.5. The lowest BCUT2D eigenvalue weighted by Gasteiger charge is -2.29. The molecule has 0 radical (unpaired) electrons. The van der Waals surface area contributed by atoms with E-state index < -0.39 is 17.3 Å². The van der Waals surface area contributed by atoms with Gasteiger partial charge in [-0.3, -0.25) is 4.79 Å². The Labute approximate surface area is 130 Å². The zero-order valence-electron chi connectivity index (χ0n) is 11.4. The summed E-state index contributed by atoms with van der Waals surface area (Å²) < 4.78 is 13.0. The Hall–Kier alpha value is -1.88. The van der Waals surface area contributed by atoms with Crippen molar-refractivity contribution in [2.45, 2.75) is 12.5 Å². The van der Waals surface area contributed by atoms with Crippen molar-refractivity contribution in [3.05, 3.63) is 65.5 Å². The van der Waals surface area contributed by atoms with Gasteiger partial charge in [0, 0.05) is 11.4 Å². The Morgan fingerprint density at radius 1 is 1.29 bits per heavy atom. The van der Waals surface area contributed by atoms with Gasteiger partial charge in [-0.05, 0) is 24.6 Å². The molecule has 0 spiro atoms. The van der Waals surface area contributed by atoms with E-state index in [0.29, 0.717) is 5.33 Å². The summed E-state index contributed by atoms with van der Waals surface area (Å²) in [7, 11) is 0. The number of carbonyl (C=O) groups is 1. The van der Waals surface area contributed by atoms with Gasteiger partial charge in [0.15, 0.2) is 0 Å². The van der Waals surface area contributed by atoms with Crippen LogP contribution in [-0.2, 0) is 5.54 Å². The highest BCUT2D eigenvalue weighted by Crippen LogP contribution is 2.25. The summed E-state index contributed by atoms with van der Waals surface area (Å²) in [5.74, 6) is -1.42. The maximum absolute atomic E-state index is 13.0. The fraction of sp³-hybridized carbons (Fsp3) is 0.188. The van der Waals surface area contributed by atoms with E-state index in [1.807, 2.05) is 37.3 Å². The van der Waals surface area contributed by atoms with Crippen molar-refractivity contribution in [1.82, 2.24) is 5.32 Å². The minimum atomic E-state index is -0.640. The minimum absolute atomic E-state index is 0.0412. The first-order valence-corrected chi connectivity index (χ1v) is 7.51. The summed E-state index contributed by atoms with van der Waals surface area (Å²) in [6.07, 6.45) is 0. The molecular formula is C16H15BrFNO2. The molecule has 1 atom stereocenters. The second-order valence-electron chi connectivity index (χ2n) is 4.95. The molecule has 2 aromatic rings. The van der Waals surface area contributed by atoms with Crippen molar-refractivity contribution in [1.29, 1.82) is 0 Å². The average Bonchev–Trinajstić information content (AvgIpc) is 2.47. The number of aromatic hydroxyl groups is 1. The van der Waals surface area contributed by atoms with Crippen molar-refractivity contribution in [3.63, 3.8) is 0 Å². The van der Waals surface area contributed by atoms with Crippen molar-refractivity contribution in [2.24, 2.45) is 0 Å². The first-order valence-electron chi connectivity index (χ1n) is 6.39. The standard InChI is InChI=1S/C16H15BrFNO2/c1-16(10-17,11-5-3-2-4-6-11)19-15(21)13-8-7-12(18)9-14(13)20/h2-9,20H,10H2,1H3,(H,19,21). The Morgan fingerprint density at radius 2 is 1.95 bits per heavy atom. The molecule has 0 aliphatic carbocycles. The molecule has 1 unspecified atom stereocenters. The van der Waals surface area contributed by atoms with Crippen LogP contribution in [0.15, 0.2) is 48.5 Å². The van der Waals surface area contributed by atoms with Crippen LogP contribution in [0.1, 0.15) is 22.8 Å². The third-order valence-corrected chi connectivity index (χ3v) is 4.39. The molecule has 0 aliphatic heterocycles. The number of phenolic OH excluding ortho intramolecular Hbond substituents is 1. The quantitative estimate of drug-likeness (QED) is 0.827. The number of alkyl halides is 1. The smallest absolute Gasteiger partial charge is 0.255 e. The van der Waals surface area contributed by atoms with E-state index >= 15 is 0 Å². The summed E-state index contributed by atoms with van der Waals surface area (Å²) in [6, 6.07) is 12.8. The SMILES string of the molecule is CC(CBr)(NC(=O)c1ccc(F)cc1O)c1ccccc1. The van der Waals surface area contributed by atoms with Gasteiger partial charge in [0.25, 0.3) is 5.91 Å². The van der Waals surface area contributed by atoms with Crippen LogP contribution in [-0.4, -0.2) is 16.3 Å². The van der Waals surface area contributed by atoms with Crippen LogP contribution in [0, 0.1) is 5.82 Å². The third kappa shape index (κ3) is 3.42. The predicted octanol–water partition coefficient (Wildman–Crippen LogP) is 3.57. The Morgan fingerprint density at radius 3 is 2.52 bits per heavy atom. The number of hydrogen-bond acceptors (Lipinski definition) is 2. The van der Waals surface area contributed by atoms with E-state index in [-0.39, 0.29) is 11.3 Å². The highest BCUT2D eigenvalue weighted by molar-refractivity contribution is 9.09. The van der Waals surface area contributed by atoms with Crippen LogP contribution in [0.4, 0.5) is 4.39 Å². The number of carbonyl (C=O) groups excluding carboxylic acids is 1. The minimum Gasteiger partial charge on any atom is -0.507 e. The summed E-state index contributed by atoms with van der Waals surface area (Å²) in [4.78, 5) is 12.3. The Bertz CT molecular complexity index is 648. The van der Waals surface area contributed by atoms with Crippen LogP contribution in [0.5, 0.6) is 5.75 Å². The van der Waals surface area contributed by atoms with Gasteiger partial charge in [-0.2, -0.15) is 0 Å². The summed E-state index contributed by atoms with van der Waals surface area (Å²) >= 11 is 3.40. The number of rotatable bonds is 4. The van der Waals surface area contributed by atoms with E-state index in [0.717, 1.165) is 17.7 Å². The molecule has 0 aliphatic rings. The Kier molecular flexibility index (Phi) is 4.63. The third-order valence-electron chi connectivity index (χ3n) is 3.27. The molecule has 2 N–H and O–H groups in total. The molecule has 3 nitrogen and oxygen atoms in total. The van der Waals surface area contributed by atoms with E-state index in [4.69, 9.17) is 0 Å². The zero-order valence-corrected chi connectivity index (χ0v) is 13.0. The van der Waals surface area contributed by atoms with Crippen molar-refractivity contribution >= 4 is 21.8 Å². The van der Waals surface area contributed by atoms with Gasteiger partial charge in [-0.25, -0.2) is 4.39 Å². The molecular weight excluding hydrogens is 337 g/mol. The summed E-state index contributed by atoms with van der Waals surface area (Å²) in [6.45, 7) is 1.87. The van der Waals surface area contributed by atoms with Crippen LogP contribution in [0.2, 0.25) is 0 Å². The maximum Gasteiger partial charge on any atom is 0.255 e. The number of halogens is 2. The lowest BCUT2D eigenvalue weighted by Crippen LogP contribution is -2.44. The number of benzene rings is 2. The fourth-order valence-corrected chi connectivity index (χ4v) is 2.47. The number of hydrogen-bond donors (Lipinski definition) is 2. The molecule has 0 fully saturated rings.